The molecule has 33 heavy (non-hydrogen) atoms. The Morgan fingerprint density at radius 2 is 1.45 bits per heavy atom. The Morgan fingerprint density at radius 3 is 2.24 bits per heavy atom. The predicted molar refractivity (Wildman–Crippen MR) is 141 cm³/mol. The van der Waals surface area contributed by atoms with Crippen LogP contribution in [0.15, 0.2) is 89.8 Å². The van der Waals surface area contributed by atoms with E-state index >= 15 is 0 Å². The molecule has 0 saturated carbocycles. The molecule has 5 aromatic carbocycles. The van der Waals surface area contributed by atoms with Gasteiger partial charge in [0.2, 0.25) is 0 Å². The third kappa shape index (κ3) is 4.07. The molecule has 0 amide bonds. The van der Waals surface area contributed by atoms with Crippen molar-refractivity contribution in [2.24, 2.45) is 0 Å². The number of hydrogen-bond donors (Lipinski definition) is 1. The van der Waals surface area contributed by atoms with Gasteiger partial charge < -0.3 is 4.55 Å². The Balaban J connectivity index is 1.84. The number of fused-ring (bicyclic) bond motifs is 3. The van der Waals surface area contributed by atoms with E-state index < -0.39 is 11.1 Å². The maximum absolute atomic E-state index is 12.7. The fraction of sp³-hybridized carbons (Fsp3) is 0.200. The predicted octanol–water partition coefficient (Wildman–Crippen LogP) is 8.52. The van der Waals surface area contributed by atoms with Crippen LogP contribution in [0.2, 0.25) is 0 Å². The third-order valence-electron chi connectivity index (χ3n) is 6.60. The average molecular weight is 453 g/mol. The lowest BCUT2D eigenvalue weighted by atomic mass is 9.88. The van der Waals surface area contributed by atoms with Gasteiger partial charge in [-0.1, -0.05) is 105 Å². The van der Waals surface area contributed by atoms with Crippen molar-refractivity contribution in [3.05, 3.63) is 90.5 Å². The van der Waals surface area contributed by atoms with Gasteiger partial charge in [-0.25, -0.2) is 4.21 Å². The second-order valence-corrected chi connectivity index (χ2v) is 9.62. The van der Waals surface area contributed by atoms with Crippen LogP contribution in [0.4, 0.5) is 0 Å². The van der Waals surface area contributed by atoms with Gasteiger partial charge in [-0.3, -0.25) is 0 Å². The van der Waals surface area contributed by atoms with Crippen LogP contribution in [0.5, 0.6) is 0 Å². The summed E-state index contributed by atoms with van der Waals surface area (Å²) in [6, 6.07) is 29.3. The third-order valence-corrected chi connectivity index (χ3v) is 7.37. The van der Waals surface area contributed by atoms with Crippen molar-refractivity contribution in [3.8, 4) is 11.1 Å². The minimum absolute atomic E-state index is 0.538. The zero-order valence-corrected chi connectivity index (χ0v) is 19.7. The zero-order chi connectivity index (χ0) is 22.8. The van der Waals surface area contributed by atoms with E-state index in [0.717, 1.165) is 51.1 Å². The highest BCUT2D eigenvalue weighted by Crippen LogP contribution is 2.42. The summed E-state index contributed by atoms with van der Waals surface area (Å²) in [5.74, 6) is 0. The lowest BCUT2D eigenvalue weighted by Gasteiger charge is -2.18. The average Bonchev–Trinajstić information content (AvgIpc) is 2.84. The van der Waals surface area contributed by atoms with Crippen molar-refractivity contribution < 1.29 is 8.76 Å². The molecule has 2 nitrogen and oxygen atoms in total. The van der Waals surface area contributed by atoms with E-state index in [9.17, 15) is 8.76 Å². The van der Waals surface area contributed by atoms with E-state index in [1.54, 1.807) is 0 Å². The van der Waals surface area contributed by atoms with E-state index in [4.69, 9.17) is 0 Å². The van der Waals surface area contributed by atoms with Gasteiger partial charge in [-0.2, -0.15) is 0 Å². The minimum atomic E-state index is -2.08. The van der Waals surface area contributed by atoms with E-state index in [-0.39, 0.29) is 0 Å². The van der Waals surface area contributed by atoms with Gasteiger partial charge in [0.05, 0.1) is 4.90 Å². The molecule has 5 aromatic rings. The molecule has 0 radical (unpaired) electrons. The van der Waals surface area contributed by atoms with Gasteiger partial charge in [-0.15, -0.1) is 0 Å². The van der Waals surface area contributed by atoms with Crippen molar-refractivity contribution >= 4 is 43.4 Å². The monoisotopic (exact) mass is 452 g/mol. The molecule has 0 aliphatic heterocycles. The van der Waals surface area contributed by atoms with E-state index in [1.165, 1.54) is 30.0 Å². The Labute approximate surface area is 197 Å². The molecule has 0 aromatic heterocycles. The maximum Gasteiger partial charge on any atom is 0.187 e. The van der Waals surface area contributed by atoms with Gasteiger partial charge in [0, 0.05) is 10.8 Å². The van der Waals surface area contributed by atoms with Crippen LogP contribution in [0.25, 0.3) is 43.4 Å². The van der Waals surface area contributed by atoms with Gasteiger partial charge in [-0.05, 0) is 57.1 Å². The molecular formula is C30H28O2S. The summed E-state index contributed by atoms with van der Waals surface area (Å²) in [6.45, 7) is 2.22. The highest BCUT2D eigenvalue weighted by Gasteiger charge is 2.20. The summed E-state index contributed by atoms with van der Waals surface area (Å²) in [7, 11) is 0. The van der Waals surface area contributed by atoms with Crippen molar-refractivity contribution in [2.45, 2.75) is 43.9 Å². The van der Waals surface area contributed by atoms with Gasteiger partial charge >= 0.3 is 0 Å². The number of benzene rings is 5. The van der Waals surface area contributed by atoms with E-state index in [2.05, 4.69) is 73.7 Å². The molecule has 1 atom stereocenters. The molecule has 0 spiro atoms. The summed E-state index contributed by atoms with van der Waals surface area (Å²) in [5, 5.41) is 6.26. The zero-order valence-electron chi connectivity index (χ0n) is 18.9. The molecule has 5 rings (SSSR count). The number of hydrogen-bond acceptors (Lipinski definition) is 1. The highest BCUT2D eigenvalue weighted by molar-refractivity contribution is 7.79. The topological polar surface area (TPSA) is 37.3 Å². The smallest absolute Gasteiger partial charge is 0.187 e. The molecule has 0 aliphatic rings. The molecule has 0 fully saturated rings. The maximum atomic E-state index is 12.7. The summed E-state index contributed by atoms with van der Waals surface area (Å²) in [5.41, 5.74) is 3.43. The quantitative estimate of drug-likeness (QED) is 0.153. The molecule has 0 bridgehead atoms. The first-order valence-corrected chi connectivity index (χ1v) is 12.9. The molecule has 3 heteroatoms. The van der Waals surface area contributed by atoms with Gasteiger partial charge in [0.25, 0.3) is 0 Å². The normalized spacial score (nSPS) is 12.5. The first-order valence-electron chi connectivity index (χ1n) is 11.8. The van der Waals surface area contributed by atoms with Crippen molar-refractivity contribution in [2.75, 3.05) is 0 Å². The van der Waals surface area contributed by atoms with Crippen molar-refractivity contribution in [1.82, 2.24) is 0 Å². The van der Waals surface area contributed by atoms with Crippen molar-refractivity contribution in [1.29, 1.82) is 0 Å². The number of aryl methyl sites for hydroxylation is 1. The molecule has 0 heterocycles. The summed E-state index contributed by atoms with van der Waals surface area (Å²) >= 11 is -2.08. The standard InChI is InChI=1S/C30H28O2S/c1-2-3-4-5-12-22-14-10-17-27-28(24-19-18-21-11-6-7-13-23(21)20-24)25-15-8-9-16-26(25)30(29(22)27)33(31)32/h6-11,13-20H,2-5,12H2,1H3,(H,31,32). The lowest BCUT2D eigenvalue weighted by molar-refractivity contribution is 0.566. The Bertz CT molecular complexity index is 1490. The second-order valence-electron chi connectivity index (χ2n) is 8.71. The molecule has 0 saturated heterocycles. The molecular weight excluding hydrogens is 424 g/mol. The molecule has 166 valence electrons. The molecule has 1 unspecified atom stereocenters. The SMILES string of the molecule is CCCCCCc1cccc2c(-c3ccc4ccccc4c3)c3ccccc3c(S(=O)O)c12. The van der Waals surface area contributed by atoms with Gasteiger partial charge in [0.15, 0.2) is 11.1 Å². The minimum Gasteiger partial charge on any atom is -0.302 e. The summed E-state index contributed by atoms with van der Waals surface area (Å²) in [4.78, 5) is 0.538. The van der Waals surface area contributed by atoms with Crippen LogP contribution >= 0.6 is 0 Å². The summed E-state index contributed by atoms with van der Waals surface area (Å²) < 4.78 is 23.1. The molecule has 0 aliphatic carbocycles. The van der Waals surface area contributed by atoms with Crippen LogP contribution in [0, 0.1) is 0 Å². The molecule has 1 N–H and O–H groups in total. The Morgan fingerprint density at radius 1 is 0.727 bits per heavy atom. The van der Waals surface area contributed by atoms with Crippen LogP contribution in [-0.4, -0.2) is 8.76 Å². The van der Waals surface area contributed by atoms with E-state index in [1.807, 2.05) is 18.2 Å². The largest absolute Gasteiger partial charge is 0.302 e. The fourth-order valence-corrected chi connectivity index (χ4v) is 5.83. The fourth-order valence-electron chi connectivity index (χ4n) is 5.04. The lowest BCUT2D eigenvalue weighted by Crippen LogP contribution is -1.99. The van der Waals surface area contributed by atoms with E-state index in [0.29, 0.717) is 4.90 Å². The van der Waals surface area contributed by atoms with Crippen LogP contribution in [0.1, 0.15) is 38.2 Å². The van der Waals surface area contributed by atoms with Crippen LogP contribution in [0.3, 0.4) is 0 Å². The van der Waals surface area contributed by atoms with Crippen molar-refractivity contribution in [3.63, 3.8) is 0 Å². The number of unbranched alkanes of at least 4 members (excludes halogenated alkanes) is 3. The van der Waals surface area contributed by atoms with Crippen LogP contribution < -0.4 is 0 Å². The highest BCUT2D eigenvalue weighted by atomic mass is 32.2. The van der Waals surface area contributed by atoms with Gasteiger partial charge in [0.1, 0.15) is 0 Å². The summed E-state index contributed by atoms with van der Waals surface area (Å²) in [6.07, 6.45) is 5.59. The van der Waals surface area contributed by atoms with Crippen LogP contribution in [-0.2, 0) is 17.5 Å². The second kappa shape index (κ2) is 9.46. The Kier molecular flexibility index (Phi) is 6.26. The first-order chi connectivity index (χ1) is 16.2. The first kappa shape index (κ1) is 21.8. The Hall–Kier alpha value is -3.01. The number of rotatable bonds is 7.